The normalized spacial score (nSPS) is 18.3. The number of pyridine rings is 1. The van der Waals surface area contributed by atoms with Gasteiger partial charge in [-0.15, -0.1) is 10.2 Å². The van der Waals surface area contributed by atoms with Gasteiger partial charge in [-0.3, -0.25) is 4.98 Å². The van der Waals surface area contributed by atoms with Gasteiger partial charge in [-0.05, 0) is 44.7 Å². The molecule has 3 atom stereocenters. The molecule has 188 valence electrons. The zero-order valence-electron chi connectivity index (χ0n) is 20.0. The topological polar surface area (TPSA) is 122 Å². The van der Waals surface area contributed by atoms with E-state index in [1.807, 2.05) is 17.6 Å². The van der Waals surface area contributed by atoms with Crippen molar-refractivity contribution in [2.45, 2.75) is 62.9 Å². The number of sulfone groups is 1. The fourth-order valence-electron chi connectivity index (χ4n) is 4.16. The van der Waals surface area contributed by atoms with Gasteiger partial charge in [-0.2, -0.15) is 0 Å². The minimum absolute atomic E-state index is 0.0377. The van der Waals surface area contributed by atoms with Crippen LogP contribution in [0.25, 0.3) is 11.4 Å². The summed E-state index contributed by atoms with van der Waals surface area (Å²) in [5.41, 5.74) is 1.74. The van der Waals surface area contributed by atoms with Crippen LogP contribution in [-0.2, 0) is 31.6 Å². The molecule has 0 aromatic carbocycles. The Hall–Kier alpha value is -2.47. The van der Waals surface area contributed by atoms with Crippen molar-refractivity contribution in [1.29, 1.82) is 0 Å². The van der Waals surface area contributed by atoms with Gasteiger partial charge in [-0.25, -0.2) is 18.4 Å². The number of hydrogen-bond acceptors (Lipinski definition) is 9. The summed E-state index contributed by atoms with van der Waals surface area (Å²) in [6, 6.07) is 1.95. The van der Waals surface area contributed by atoms with Crippen LogP contribution in [0, 0.1) is 6.92 Å². The number of rotatable bonds is 9. The van der Waals surface area contributed by atoms with Crippen LogP contribution < -0.4 is 0 Å². The van der Waals surface area contributed by atoms with Crippen LogP contribution in [-0.4, -0.2) is 63.2 Å². The summed E-state index contributed by atoms with van der Waals surface area (Å²) in [7, 11) is -2.31. The van der Waals surface area contributed by atoms with Gasteiger partial charge in [0.2, 0.25) is 0 Å². The van der Waals surface area contributed by atoms with Crippen molar-refractivity contribution in [2.75, 3.05) is 13.7 Å². The second-order valence-electron chi connectivity index (χ2n) is 8.72. The van der Waals surface area contributed by atoms with Gasteiger partial charge in [0.15, 0.2) is 21.5 Å². The van der Waals surface area contributed by atoms with E-state index in [9.17, 15) is 8.42 Å². The number of aryl methyl sites for hydroxylation is 1. The fraction of sp³-hybridized carbons (Fsp3) is 0.522. The van der Waals surface area contributed by atoms with E-state index in [0.717, 1.165) is 30.4 Å². The molecule has 4 rings (SSSR count). The monoisotopic (exact) mass is 520 g/mol. The fourth-order valence-corrected chi connectivity index (χ4v) is 5.70. The lowest BCUT2D eigenvalue weighted by Gasteiger charge is -2.25. The molecule has 0 N–H and O–H groups in total. The predicted molar refractivity (Wildman–Crippen MR) is 130 cm³/mol. The molecule has 0 saturated carbocycles. The van der Waals surface area contributed by atoms with Crippen LogP contribution in [0.1, 0.15) is 49.5 Å². The maximum Gasteiger partial charge on any atom is 0.165 e. The van der Waals surface area contributed by atoms with Gasteiger partial charge in [0.1, 0.15) is 17.7 Å². The molecule has 35 heavy (non-hydrogen) atoms. The van der Waals surface area contributed by atoms with Crippen LogP contribution in [0.4, 0.5) is 0 Å². The van der Waals surface area contributed by atoms with E-state index < -0.39 is 21.2 Å². The third-order valence-corrected chi connectivity index (χ3v) is 8.33. The molecule has 0 amide bonds. The van der Waals surface area contributed by atoms with Gasteiger partial charge in [0.05, 0.1) is 22.9 Å². The Kier molecular flexibility index (Phi) is 8.10. The highest BCUT2D eigenvalue weighted by Crippen LogP contribution is 2.28. The minimum atomic E-state index is -3.74. The van der Waals surface area contributed by atoms with E-state index in [4.69, 9.17) is 21.1 Å². The van der Waals surface area contributed by atoms with E-state index in [-0.39, 0.29) is 17.7 Å². The largest absolute Gasteiger partial charge is 0.376 e. The highest BCUT2D eigenvalue weighted by Gasteiger charge is 2.35. The Morgan fingerprint density at radius 2 is 1.97 bits per heavy atom. The van der Waals surface area contributed by atoms with Crippen molar-refractivity contribution in [3.05, 3.63) is 53.1 Å². The van der Waals surface area contributed by atoms with Gasteiger partial charge in [-0.1, -0.05) is 11.6 Å². The summed E-state index contributed by atoms with van der Waals surface area (Å²) < 4.78 is 40.3. The summed E-state index contributed by atoms with van der Waals surface area (Å²) in [5, 5.41) is 8.06. The molecule has 0 bridgehead atoms. The maximum absolute atomic E-state index is 13.5. The highest BCUT2D eigenvalue weighted by molar-refractivity contribution is 7.91. The third-order valence-electron chi connectivity index (χ3n) is 6.09. The van der Waals surface area contributed by atoms with Gasteiger partial charge in [0.25, 0.3) is 0 Å². The third kappa shape index (κ3) is 6.03. The molecule has 3 aromatic heterocycles. The van der Waals surface area contributed by atoms with Crippen LogP contribution in [0.3, 0.4) is 0 Å². The SMILES string of the molecule is CO[C@H](c1ncc(Cl)cn1)[C@H](C)S(=O)(=O)Cc1nnc(-c2cncc(C)c2)n1C[C@@H]1CCCCO1. The van der Waals surface area contributed by atoms with Crippen molar-refractivity contribution in [3.8, 4) is 11.4 Å². The molecule has 3 aromatic rings. The van der Waals surface area contributed by atoms with E-state index >= 15 is 0 Å². The molecule has 1 aliphatic heterocycles. The van der Waals surface area contributed by atoms with E-state index in [1.54, 1.807) is 19.3 Å². The summed E-state index contributed by atoms with van der Waals surface area (Å²) >= 11 is 5.88. The van der Waals surface area contributed by atoms with Crippen molar-refractivity contribution >= 4 is 21.4 Å². The molecular formula is C23H29ClN6O4S. The quantitative estimate of drug-likeness (QED) is 0.418. The zero-order valence-corrected chi connectivity index (χ0v) is 21.5. The first-order chi connectivity index (χ1) is 16.8. The van der Waals surface area contributed by atoms with Crippen LogP contribution in [0.15, 0.2) is 30.9 Å². The number of aromatic nitrogens is 6. The molecule has 1 fully saturated rings. The van der Waals surface area contributed by atoms with Crippen LogP contribution in [0.2, 0.25) is 5.02 Å². The first-order valence-electron chi connectivity index (χ1n) is 11.5. The number of nitrogens with zero attached hydrogens (tertiary/aromatic N) is 6. The zero-order chi connectivity index (χ0) is 25.0. The Labute approximate surface area is 210 Å². The van der Waals surface area contributed by atoms with Gasteiger partial charge < -0.3 is 14.0 Å². The van der Waals surface area contributed by atoms with E-state index in [0.29, 0.717) is 29.8 Å². The maximum atomic E-state index is 13.5. The van der Waals surface area contributed by atoms with Crippen LogP contribution in [0.5, 0.6) is 0 Å². The predicted octanol–water partition coefficient (Wildman–Crippen LogP) is 3.35. The van der Waals surface area contributed by atoms with Crippen LogP contribution >= 0.6 is 11.6 Å². The lowest BCUT2D eigenvalue weighted by molar-refractivity contribution is 0.00583. The lowest BCUT2D eigenvalue weighted by Crippen LogP contribution is -2.31. The molecule has 0 unspecified atom stereocenters. The standard InChI is InChI=1S/C23H29ClN6O4S/c1-15-8-17(10-25-9-15)23-29-28-20(30(23)13-19-6-4-5-7-34-19)14-35(31,32)16(2)21(33-3)22-26-11-18(24)12-27-22/h8-12,16,19,21H,4-7,13-14H2,1-3H3/t16-,19-,21-/m0/s1. The average molecular weight is 521 g/mol. The number of halogens is 1. The van der Waals surface area contributed by atoms with E-state index in [2.05, 4.69) is 25.1 Å². The Morgan fingerprint density at radius 1 is 1.20 bits per heavy atom. The Morgan fingerprint density at radius 3 is 2.63 bits per heavy atom. The summed E-state index contributed by atoms with van der Waals surface area (Å²) in [5.74, 6) is 0.837. The Balaban J connectivity index is 1.65. The summed E-state index contributed by atoms with van der Waals surface area (Å²) in [4.78, 5) is 12.6. The molecule has 12 heteroatoms. The first-order valence-corrected chi connectivity index (χ1v) is 13.6. The second kappa shape index (κ2) is 11.1. The first kappa shape index (κ1) is 25.6. The summed E-state index contributed by atoms with van der Waals surface area (Å²) in [6.07, 6.45) is 8.37. The molecular weight excluding hydrogens is 492 g/mol. The second-order valence-corrected chi connectivity index (χ2v) is 11.5. The van der Waals surface area contributed by atoms with Crippen molar-refractivity contribution in [2.24, 2.45) is 0 Å². The summed E-state index contributed by atoms with van der Waals surface area (Å²) in [6.45, 7) is 4.68. The molecule has 0 aliphatic carbocycles. The van der Waals surface area contributed by atoms with Crippen molar-refractivity contribution in [1.82, 2.24) is 29.7 Å². The average Bonchev–Trinajstić information content (AvgIpc) is 3.22. The van der Waals surface area contributed by atoms with Crippen molar-refractivity contribution in [3.63, 3.8) is 0 Å². The molecule has 10 nitrogen and oxygen atoms in total. The van der Waals surface area contributed by atoms with E-state index in [1.165, 1.54) is 19.5 Å². The lowest BCUT2D eigenvalue weighted by atomic mass is 10.1. The van der Waals surface area contributed by atoms with Gasteiger partial charge in [0, 0.05) is 44.1 Å². The molecule has 4 heterocycles. The molecule has 1 saturated heterocycles. The number of ether oxygens (including phenoxy) is 2. The van der Waals surface area contributed by atoms with Gasteiger partial charge >= 0.3 is 0 Å². The number of hydrogen-bond donors (Lipinski definition) is 0. The Bertz CT molecular complexity index is 1250. The molecule has 0 radical (unpaired) electrons. The smallest absolute Gasteiger partial charge is 0.165 e. The number of methoxy groups -OCH3 is 1. The van der Waals surface area contributed by atoms with Crippen molar-refractivity contribution < 1.29 is 17.9 Å². The minimum Gasteiger partial charge on any atom is -0.376 e. The molecule has 0 spiro atoms. The molecule has 1 aliphatic rings. The highest BCUT2D eigenvalue weighted by atomic mass is 35.5.